The minimum atomic E-state index is -2.94. The van der Waals surface area contributed by atoms with Gasteiger partial charge in [-0.05, 0) is 43.4 Å². The fourth-order valence-electron chi connectivity index (χ4n) is 4.57. The number of aromatic nitrogens is 1. The number of aliphatic hydroxyl groups is 1. The maximum atomic E-state index is 13.0. The highest BCUT2D eigenvalue weighted by atomic mass is 35.5. The highest BCUT2D eigenvalue weighted by Gasteiger charge is 2.48. The van der Waals surface area contributed by atoms with Crippen LogP contribution in [0.2, 0.25) is 5.02 Å². The lowest BCUT2D eigenvalue weighted by atomic mass is 9.75. The van der Waals surface area contributed by atoms with Crippen LogP contribution in [0.5, 0.6) is 5.88 Å². The number of halogens is 3. The summed E-state index contributed by atoms with van der Waals surface area (Å²) in [5.74, 6) is -0.204. The first kappa shape index (κ1) is 23.4. The predicted octanol–water partition coefficient (Wildman–Crippen LogP) is 3.60. The molecule has 33 heavy (non-hydrogen) atoms. The van der Waals surface area contributed by atoms with Gasteiger partial charge in [-0.15, -0.1) is 0 Å². The van der Waals surface area contributed by atoms with Crippen LogP contribution in [0.15, 0.2) is 41.5 Å². The summed E-state index contributed by atoms with van der Waals surface area (Å²) in [7, 11) is 0. The van der Waals surface area contributed by atoms with Gasteiger partial charge in [0.25, 0.3) is 0 Å². The Morgan fingerprint density at radius 3 is 2.61 bits per heavy atom. The fraction of sp³-hybridized carbons (Fsp3) is 0.435. The van der Waals surface area contributed by atoms with E-state index in [1.807, 2.05) is 25.1 Å². The first-order valence-corrected chi connectivity index (χ1v) is 10.9. The number of hydrogen-bond acceptors (Lipinski definition) is 6. The Labute approximate surface area is 195 Å². The maximum Gasteiger partial charge on any atom is 0.388 e. The second kappa shape index (κ2) is 8.53. The van der Waals surface area contributed by atoms with Crippen molar-refractivity contribution in [1.82, 2.24) is 9.88 Å². The van der Waals surface area contributed by atoms with E-state index >= 15 is 0 Å². The van der Waals surface area contributed by atoms with E-state index in [1.165, 1.54) is 17.2 Å². The third kappa shape index (κ3) is 4.79. The molecule has 1 amide bonds. The van der Waals surface area contributed by atoms with Gasteiger partial charge in [0.2, 0.25) is 11.8 Å². The number of nitrogens with two attached hydrogens (primary N) is 1. The fourth-order valence-corrected chi connectivity index (χ4v) is 4.96. The van der Waals surface area contributed by atoms with E-state index in [2.05, 4.69) is 14.7 Å². The van der Waals surface area contributed by atoms with Gasteiger partial charge in [-0.1, -0.05) is 35.9 Å². The van der Waals surface area contributed by atoms with Gasteiger partial charge < -0.3 is 15.6 Å². The Balaban J connectivity index is 1.57. The smallest absolute Gasteiger partial charge is 0.388 e. The standard InChI is InChI=1S/C23H25ClF2N4O3/c1-22(32)9-15(10-22)30-18(31)11-23(2,29-21(30)27)16-5-3-4-14(19(16)24)8-13-6-7-17(28-12-13)33-20(25)26/h3-7,12,15,20,32H,8-11H2,1-2H3,(H2,27,29)/t15?,22?,23-/m0/s1. The summed E-state index contributed by atoms with van der Waals surface area (Å²) >= 11 is 6.74. The lowest BCUT2D eigenvalue weighted by Gasteiger charge is -2.48. The summed E-state index contributed by atoms with van der Waals surface area (Å²) in [4.78, 5) is 23.0. The number of aliphatic imine (C=N–C) groups is 1. The Kier molecular flexibility index (Phi) is 6.05. The molecule has 176 valence electrons. The zero-order chi connectivity index (χ0) is 24.0. The van der Waals surface area contributed by atoms with Crippen LogP contribution < -0.4 is 10.5 Å². The summed E-state index contributed by atoms with van der Waals surface area (Å²) < 4.78 is 28.9. The number of alkyl halides is 2. The Morgan fingerprint density at radius 2 is 2.03 bits per heavy atom. The van der Waals surface area contributed by atoms with Gasteiger partial charge in [-0.3, -0.25) is 9.69 Å². The molecule has 0 saturated heterocycles. The molecule has 0 bridgehead atoms. The Hall–Kier alpha value is -2.78. The molecule has 1 aliphatic carbocycles. The van der Waals surface area contributed by atoms with Gasteiger partial charge >= 0.3 is 6.61 Å². The van der Waals surface area contributed by atoms with Crippen molar-refractivity contribution < 1.29 is 23.4 Å². The van der Waals surface area contributed by atoms with Crippen molar-refractivity contribution in [2.45, 2.75) is 63.3 Å². The number of hydrogen-bond donors (Lipinski definition) is 2. The van der Waals surface area contributed by atoms with Crippen LogP contribution in [0.3, 0.4) is 0 Å². The number of guanidine groups is 1. The molecule has 4 rings (SSSR count). The van der Waals surface area contributed by atoms with Crippen LogP contribution in [0, 0.1) is 0 Å². The van der Waals surface area contributed by atoms with Crippen molar-refractivity contribution >= 4 is 23.5 Å². The zero-order valence-corrected chi connectivity index (χ0v) is 19.0. The van der Waals surface area contributed by atoms with E-state index in [4.69, 9.17) is 17.3 Å². The first-order chi connectivity index (χ1) is 15.5. The molecule has 0 spiro atoms. The SMILES string of the molecule is CC1(O)CC(N2C(=O)C[C@@](C)(c3cccc(Cc4ccc(OC(F)F)nc4)c3Cl)N=C2N)C1. The van der Waals surface area contributed by atoms with Crippen LogP contribution >= 0.6 is 11.6 Å². The lowest BCUT2D eigenvalue weighted by Crippen LogP contribution is -2.61. The van der Waals surface area contributed by atoms with Crippen molar-refractivity contribution in [2.75, 3.05) is 0 Å². The minimum Gasteiger partial charge on any atom is -0.417 e. The van der Waals surface area contributed by atoms with E-state index in [-0.39, 0.29) is 30.2 Å². The normalized spacial score (nSPS) is 27.4. The van der Waals surface area contributed by atoms with Gasteiger partial charge in [0, 0.05) is 29.7 Å². The lowest BCUT2D eigenvalue weighted by molar-refractivity contribution is -0.138. The average Bonchev–Trinajstić information content (AvgIpc) is 2.68. The third-order valence-corrected chi connectivity index (χ3v) is 6.60. The van der Waals surface area contributed by atoms with Gasteiger partial charge in [0.15, 0.2) is 5.96 Å². The number of carbonyl (C=O) groups excluding carboxylic acids is 1. The molecule has 10 heteroatoms. The number of rotatable bonds is 6. The summed E-state index contributed by atoms with van der Waals surface area (Å²) in [5.41, 5.74) is 6.67. The van der Waals surface area contributed by atoms with Gasteiger partial charge in [-0.25, -0.2) is 9.98 Å². The number of ether oxygens (including phenoxy) is 1. The second-order valence-corrected chi connectivity index (χ2v) is 9.46. The average molecular weight is 479 g/mol. The highest BCUT2D eigenvalue weighted by molar-refractivity contribution is 6.32. The van der Waals surface area contributed by atoms with Crippen molar-refractivity contribution in [1.29, 1.82) is 0 Å². The van der Waals surface area contributed by atoms with E-state index in [0.717, 1.165) is 11.1 Å². The molecule has 2 aliphatic rings. The molecule has 2 aromatic rings. The maximum absolute atomic E-state index is 13.0. The minimum absolute atomic E-state index is 0.0940. The van der Waals surface area contributed by atoms with Gasteiger partial charge in [0.1, 0.15) is 0 Å². The topological polar surface area (TPSA) is 101 Å². The summed E-state index contributed by atoms with van der Waals surface area (Å²) in [6, 6.07) is 8.34. The van der Waals surface area contributed by atoms with E-state index in [1.54, 1.807) is 13.0 Å². The summed E-state index contributed by atoms with van der Waals surface area (Å²) in [5, 5.41) is 10.5. The van der Waals surface area contributed by atoms with Crippen molar-refractivity contribution in [3.05, 3.63) is 58.2 Å². The van der Waals surface area contributed by atoms with Gasteiger partial charge in [0.05, 0.1) is 17.6 Å². The Bertz CT molecular complexity index is 1090. The van der Waals surface area contributed by atoms with Crippen LogP contribution in [-0.2, 0) is 16.8 Å². The molecule has 1 atom stereocenters. The molecule has 1 aromatic heterocycles. The number of pyridine rings is 1. The molecule has 7 nitrogen and oxygen atoms in total. The van der Waals surface area contributed by atoms with E-state index in [9.17, 15) is 18.7 Å². The van der Waals surface area contributed by atoms with Crippen molar-refractivity contribution in [3.8, 4) is 5.88 Å². The molecular formula is C23H25ClF2N4O3. The molecule has 0 radical (unpaired) electrons. The second-order valence-electron chi connectivity index (χ2n) is 9.08. The van der Waals surface area contributed by atoms with Crippen molar-refractivity contribution in [2.24, 2.45) is 10.7 Å². The molecular weight excluding hydrogens is 454 g/mol. The quantitative estimate of drug-likeness (QED) is 0.660. The van der Waals surface area contributed by atoms with Crippen molar-refractivity contribution in [3.63, 3.8) is 0 Å². The van der Waals surface area contributed by atoms with E-state index in [0.29, 0.717) is 29.8 Å². The number of nitrogens with zero attached hydrogens (tertiary/aromatic N) is 3. The zero-order valence-electron chi connectivity index (χ0n) is 18.3. The number of carbonyl (C=O) groups is 1. The van der Waals surface area contributed by atoms with Gasteiger partial charge in [-0.2, -0.15) is 8.78 Å². The predicted molar refractivity (Wildman–Crippen MR) is 119 cm³/mol. The molecule has 1 fully saturated rings. The Morgan fingerprint density at radius 1 is 1.30 bits per heavy atom. The van der Waals surface area contributed by atoms with Crippen LogP contribution in [0.1, 0.15) is 49.8 Å². The molecule has 1 aliphatic heterocycles. The molecule has 1 aromatic carbocycles. The summed E-state index contributed by atoms with van der Waals surface area (Å²) in [6.45, 7) is 0.611. The molecule has 1 saturated carbocycles. The first-order valence-electron chi connectivity index (χ1n) is 10.5. The highest BCUT2D eigenvalue weighted by Crippen LogP contribution is 2.42. The molecule has 3 N–H and O–H groups in total. The molecule has 0 unspecified atom stereocenters. The molecule has 2 heterocycles. The van der Waals surface area contributed by atoms with Crippen LogP contribution in [-0.4, -0.2) is 45.1 Å². The van der Waals surface area contributed by atoms with Crippen LogP contribution in [0.25, 0.3) is 0 Å². The number of benzene rings is 1. The monoisotopic (exact) mass is 478 g/mol. The largest absolute Gasteiger partial charge is 0.417 e. The van der Waals surface area contributed by atoms with Crippen LogP contribution in [0.4, 0.5) is 8.78 Å². The summed E-state index contributed by atoms with van der Waals surface area (Å²) in [6.07, 6.45) is 2.86. The number of amides is 1. The van der Waals surface area contributed by atoms with E-state index < -0.39 is 17.8 Å². The third-order valence-electron chi connectivity index (χ3n) is 6.15.